The number of carbonyl (C=O) groups is 1. The molecule has 2 unspecified atom stereocenters. The average molecular weight is 339 g/mol. The summed E-state index contributed by atoms with van der Waals surface area (Å²) in [4.78, 5) is 12.6. The van der Waals surface area contributed by atoms with Gasteiger partial charge in [0.2, 0.25) is 0 Å². The average Bonchev–Trinajstić information content (AvgIpc) is 2.41. The van der Waals surface area contributed by atoms with Crippen molar-refractivity contribution in [3.8, 4) is 0 Å². The summed E-state index contributed by atoms with van der Waals surface area (Å²) in [5.41, 5.74) is 7.55. The van der Waals surface area contributed by atoms with Crippen molar-refractivity contribution < 1.29 is 4.79 Å². The summed E-state index contributed by atoms with van der Waals surface area (Å²) in [7, 11) is 0. The fourth-order valence-corrected chi connectivity index (χ4v) is 3.72. The van der Waals surface area contributed by atoms with Crippen LogP contribution in [0.3, 0.4) is 0 Å². The van der Waals surface area contributed by atoms with Gasteiger partial charge in [-0.2, -0.15) is 0 Å². The van der Waals surface area contributed by atoms with Gasteiger partial charge >= 0.3 is 0 Å². The quantitative estimate of drug-likeness (QED) is 0.887. The van der Waals surface area contributed by atoms with Crippen molar-refractivity contribution in [2.24, 2.45) is 11.7 Å². The summed E-state index contributed by atoms with van der Waals surface area (Å²) in [5.74, 6) is 0.394. The van der Waals surface area contributed by atoms with E-state index < -0.39 is 0 Å². The van der Waals surface area contributed by atoms with E-state index in [2.05, 4.69) is 28.2 Å². The van der Waals surface area contributed by atoms with E-state index >= 15 is 0 Å². The van der Waals surface area contributed by atoms with Gasteiger partial charge in [-0.3, -0.25) is 4.79 Å². The number of rotatable bonds is 3. The van der Waals surface area contributed by atoms with E-state index in [-0.39, 0.29) is 11.4 Å². The molecule has 1 aromatic carbocycles. The molecule has 2 rings (SSSR count). The number of hydrogen-bond acceptors (Lipinski definition) is 2. The van der Waals surface area contributed by atoms with Gasteiger partial charge in [-0.1, -0.05) is 25.8 Å². The first-order chi connectivity index (χ1) is 9.48. The number of nitrogens with two attached hydrogens (primary N) is 1. The van der Waals surface area contributed by atoms with E-state index in [9.17, 15) is 4.79 Å². The number of benzene rings is 1. The second-order valence-corrected chi connectivity index (χ2v) is 6.80. The second kappa shape index (κ2) is 6.27. The molecule has 1 aliphatic rings. The van der Waals surface area contributed by atoms with Crippen molar-refractivity contribution in [3.05, 3.63) is 33.8 Å². The molecule has 110 valence electrons. The third-order valence-corrected chi connectivity index (χ3v) is 5.21. The summed E-state index contributed by atoms with van der Waals surface area (Å²) >= 11 is 3.48. The number of amides is 1. The van der Waals surface area contributed by atoms with Gasteiger partial charge < -0.3 is 11.1 Å². The van der Waals surface area contributed by atoms with Crippen LogP contribution < -0.4 is 11.1 Å². The first kappa shape index (κ1) is 15.5. The zero-order valence-corrected chi connectivity index (χ0v) is 13.8. The van der Waals surface area contributed by atoms with Crippen LogP contribution in [0.25, 0.3) is 0 Å². The fourth-order valence-electron chi connectivity index (χ4n) is 3.05. The predicted molar refractivity (Wildman–Crippen MR) is 85.8 cm³/mol. The van der Waals surface area contributed by atoms with E-state index in [0.29, 0.717) is 18.0 Å². The molecule has 2 atom stereocenters. The smallest absolute Gasteiger partial charge is 0.252 e. The maximum atomic E-state index is 12.6. The Morgan fingerprint density at radius 3 is 2.85 bits per heavy atom. The maximum Gasteiger partial charge on any atom is 0.252 e. The minimum atomic E-state index is -0.250. The molecule has 0 radical (unpaired) electrons. The maximum absolute atomic E-state index is 12.6. The van der Waals surface area contributed by atoms with Gasteiger partial charge in [0.15, 0.2) is 0 Å². The van der Waals surface area contributed by atoms with Crippen molar-refractivity contribution in [2.45, 2.75) is 45.1 Å². The summed E-state index contributed by atoms with van der Waals surface area (Å²) < 4.78 is 0.839. The molecule has 0 aliphatic heterocycles. The highest BCUT2D eigenvalue weighted by atomic mass is 79.9. The first-order valence-electron chi connectivity index (χ1n) is 7.27. The standard InChI is InChI=1S/C16H23BrN2O/c1-11-6-7-13(14(17)9-11)15(20)19-16(10-18)8-4-3-5-12(16)2/h6-7,9,12H,3-5,8,10,18H2,1-2H3,(H,19,20). The Balaban J connectivity index is 2.20. The molecule has 3 nitrogen and oxygen atoms in total. The Morgan fingerprint density at radius 2 is 2.25 bits per heavy atom. The minimum Gasteiger partial charge on any atom is -0.345 e. The SMILES string of the molecule is Cc1ccc(C(=O)NC2(CN)CCCCC2C)c(Br)c1. The van der Waals surface area contributed by atoms with Gasteiger partial charge in [-0.05, 0) is 59.3 Å². The second-order valence-electron chi connectivity index (χ2n) is 5.94. The molecule has 1 aliphatic carbocycles. The highest BCUT2D eigenvalue weighted by Crippen LogP contribution is 2.33. The van der Waals surface area contributed by atoms with Crippen molar-refractivity contribution in [1.82, 2.24) is 5.32 Å². The van der Waals surface area contributed by atoms with E-state index in [1.807, 2.05) is 25.1 Å². The number of aryl methyl sites for hydroxylation is 1. The van der Waals surface area contributed by atoms with Crippen LogP contribution >= 0.6 is 15.9 Å². The first-order valence-corrected chi connectivity index (χ1v) is 8.06. The lowest BCUT2D eigenvalue weighted by Gasteiger charge is -2.42. The Hall–Kier alpha value is -0.870. The highest BCUT2D eigenvalue weighted by molar-refractivity contribution is 9.10. The normalized spacial score (nSPS) is 26.3. The molecule has 1 aromatic rings. The van der Waals surface area contributed by atoms with Crippen molar-refractivity contribution in [2.75, 3.05) is 6.54 Å². The van der Waals surface area contributed by atoms with Crippen LogP contribution in [0.5, 0.6) is 0 Å². The Morgan fingerprint density at radius 1 is 1.50 bits per heavy atom. The van der Waals surface area contributed by atoms with Crippen molar-refractivity contribution in [3.63, 3.8) is 0 Å². The third kappa shape index (κ3) is 3.07. The zero-order valence-electron chi connectivity index (χ0n) is 12.2. The van der Waals surface area contributed by atoms with Crippen molar-refractivity contribution in [1.29, 1.82) is 0 Å². The summed E-state index contributed by atoms with van der Waals surface area (Å²) in [5, 5.41) is 3.21. The van der Waals surface area contributed by atoms with Crippen LogP contribution in [-0.4, -0.2) is 18.0 Å². The Bertz CT molecular complexity index is 503. The molecule has 1 amide bonds. The fraction of sp³-hybridized carbons (Fsp3) is 0.562. The Kier molecular flexibility index (Phi) is 4.86. The minimum absolute atomic E-state index is 0.0314. The largest absolute Gasteiger partial charge is 0.345 e. The van der Waals surface area contributed by atoms with Gasteiger partial charge in [0.1, 0.15) is 0 Å². The van der Waals surface area contributed by atoms with Gasteiger partial charge in [-0.25, -0.2) is 0 Å². The number of halogens is 1. The molecule has 4 heteroatoms. The molecule has 0 bridgehead atoms. The van der Waals surface area contributed by atoms with E-state index in [0.717, 1.165) is 29.3 Å². The highest BCUT2D eigenvalue weighted by Gasteiger charge is 2.38. The van der Waals surface area contributed by atoms with Gasteiger partial charge in [0, 0.05) is 11.0 Å². The van der Waals surface area contributed by atoms with Crippen LogP contribution in [0.1, 0.15) is 48.5 Å². The molecule has 0 spiro atoms. The summed E-state index contributed by atoms with van der Waals surface area (Å²) in [6, 6.07) is 5.79. The molecule has 0 saturated heterocycles. The number of hydrogen-bond donors (Lipinski definition) is 2. The van der Waals surface area contributed by atoms with Crippen LogP contribution in [0, 0.1) is 12.8 Å². The van der Waals surface area contributed by atoms with Crippen LogP contribution in [0.4, 0.5) is 0 Å². The van der Waals surface area contributed by atoms with Crippen LogP contribution in [-0.2, 0) is 0 Å². The topological polar surface area (TPSA) is 55.1 Å². The molecular formula is C16H23BrN2O. The Labute approximate surface area is 129 Å². The van der Waals surface area contributed by atoms with Crippen LogP contribution in [0.15, 0.2) is 22.7 Å². The molecule has 1 fully saturated rings. The lowest BCUT2D eigenvalue weighted by atomic mass is 9.73. The molecule has 3 N–H and O–H groups in total. The van der Waals surface area contributed by atoms with Gasteiger partial charge in [0.05, 0.1) is 11.1 Å². The summed E-state index contributed by atoms with van der Waals surface area (Å²) in [6.45, 7) is 4.71. The van der Waals surface area contributed by atoms with Crippen LogP contribution in [0.2, 0.25) is 0 Å². The lowest BCUT2D eigenvalue weighted by Crippen LogP contribution is -2.59. The zero-order chi connectivity index (χ0) is 14.8. The molecule has 0 aromatic heterocycles. The predicted octanol–water partition coefficient (Wildman–Crippen LogP) is 3.39. The van der Waals surface area contributed by atoms with Crippen molar-refractivity contribution >= 4 is 21.8 Å². The lowest BCUT2D eigenvalue weighted by molar-refractivity contribution is 0.0812. The number of carbonyl (C=O) groups excluding carboxylic acids is 1. The van der Waals surface area contributed by atoms with Gasteiger partial charge in [-0.15, -0.1) is 0 Å². The van der Waals surface area contributed by atoms with Gasteiger partial charge in [0.25, 0.3) is 5.91 Å². The van der Waals surface area contributed by atoms with E-state index in [1.165, 1.54) is 6.42 Å². The number of nitrogens with one attached hydrogen (secondary N) is 1. The molecule has 1 saturated carbocycles. The summed E-state index contributed by atoms with van der Waals surface area (Å²) in [6.07, 6.45) is 4.47. The molecule has 20 heavy (non-hydrogen) atoms. The monoisotopic (exact) mass is 338 g/mol. The van der Waals surface area contributed by atoms with E-state index in [1.54, 1.807) is 0 Å². The van der Waals surface area contributed by atoms with E-state index in [4.69, 9.17) is 5.73 Å². The molecule has 0 heterocycles. The molecular weight excluding hydrogens is 316 g/mol. The third-order valence-electron chi connectivity index (χ3n) is 4.55.